The highest BCUT2D eigenvalue weighted by molar-refractivity contribution is 5.91. The first-order chi connectivity index (χ1) is 11.1. The van der Waals surface area contributed by atoms with E-state index in [1.165, 1.54) is 0 Å². The maximum atomic E-state index is 12.4. The van der Waals surface area contributed by atoms with Crippen molar-refractivity contribution in [3.05, 3.63) is 35.4 Å². The van der Waals surface area contributed by atoms with Crippen LogP contribution in [0.5, 0.6) is 0 Å². The molecule has 23 heavy (non-hydrogen) atoms. The van der Waals surface area contributed by atoms with Gasteiger partial charge in [0.1, 0.15) is 5.76 Å². The summed E-state index contributed by atoms with van der Waals surface area (Å²) in [4.78, 5) is 18.4. The first-order valence-electron chi connectivity index (χ1n) is 7.89. The lowest BCUT2D eigenvalue weighted by Crippen LogP contribution is -2.31. The van der Waals surface area contributed by atoms with Crippen molar-refractivity contribution >= 4 is 5.91 Å². The number of ether oxygens (including phenoxy) is 1. The molecule has 3 atom stereocenters. The number of nitrogens with zero attached hydrogens (tertiary/aromatic N) is 3. The number of fused-ring (bicyclic) bond motifs is 1. The van der Waals surface area contributed by atoms with Crippen molar-refractivity contribution in [2.75, 3.05) is 13.1 Å². The summed E-state index contributed by atoms with van der Waals surface area (Å²) >= 11 is 0. The van der Waals surface area contributed by atoms with Gasteiger partial charge < -0.3 is 18.6 Å². The minimum Gasteiger partial charge on any atom is -0.456 e. The van der Waals surface area contributed by atoms with Gasteiger partial charge in [-0.05, 0) is 32.4 Å². The second-order valence-corrected chi connectivity index (χ2v) is 6.35. The molecule has 0 bridgehead atoms. The van der Waals surface area contributed by atoms with Gasteiger partial charge in [0.25, 0.3) is 5.91 Å². The minimum atomic E-state index is -0.0554. The zero-order valence-corrected chi connectivity index (χ0v) is 13.2. The van der Waals surface area contributed by atoms with Gasteiger partial charge in [-0.3, -0.25) is 4.79 Å². The van der Waals surface area contributed by atoms with Crippen LogP contribution in [0, 0.1) is 19.8 Å². The fraction of sp³-hybridized carbons (Fsp3) is 0.562. The molecule has 7 heteroatoms. The van der Waals surface area contributed by atoms with Crippen molar-refractivity contribution in [1.29, 1.82) is 0 Å². The molecule has 0 unspecified atom stereocenters. The molecule has 4 heterocycles. The Labute approximate surface area is 133 Å². The predicted molar refractivity (Wildman–Crippen MR) is 78.9 cm³/mol. The molecule has 2 aromatic rings. The molecule has 0 aromatic carbocycles. The number of aryl methyl sites for hydroxylation is 2. The Balaban J connectivity index is 1.35. The molecule has 2 fully saturated rings. The smallest absolute Gasteiger partial charge is 0.289 e. The van der Waals surface area contributed by atoms with Crippen LogP contribution in [0.3, 0.4) is 0 Å². The van der Waals surface area contributed by atoms with Gasteiger partial charge in [-0.25, -0.2) is 0 Å². The van der Waals surface area contributed by atoms with Crippen LogP contribution in [0.1, 0.15) is 34.5 Å². The van der Waals surface area contributed by atoms with Crippen LogP contribution in [-0.4, -0.2) is 46.2 Å². The Morgan fingerprint density at radius 3 is 2.87 bits per heavy atom. The van der Waals surface area contributed by atoms with E-state index in [-0.39, 0.29) is 18.1 Å². The minimum absolute atomic E-state index is 0.0554. The fourth-order valence-corrected chi connectivity index (χ4v) is 3.48. The first kappa shape index (κ1) is 14.4. The normalized spacial score (nSPS) is 26.7. The van der Waals surface area contributed by atoms with Crippen LogP contribution in [0.15, 0.2) is 21.1 Å². The molecular weight excluding hydrogens is 298 g/mol. The number of rotatable bonds is 3. The van der Waals surface area contributed by atoms with E-state index in [0.29, 0.717) is 42.9 Å². The number of amides is 1. The van der Waals surface area contributed by atoms with Gasteiger partial charge in [0, 0.05) is 19.0 Å². The van der Waals surface area contributed by atoms with E-state index in [4.69, 9.17) is 13.7 Å². The highest BCUT2D eigenvalue weighted by atomic mass is 16.5. The maximum Gasteiger partial charge on any atom is 0.289 e. The molecule has 2 aromatic heterocycles. The Bertz CT molecular complexity index is 708. The first-order valence-corrected chi connectivity index (χ1v) is 7.89. The van der Waals surface area contributed by atoms with Crippen molar-refractivity contribution in [1.82, 2.24) is 15.0 Å². The topological polar surface area (TPSA) is 81.6 Å². The van der Waals surface area contributed by atoms with E-state index in [9.17, 15) is 4.79 Å². The predicted octanol–water partition coefficient (Wildman–Crippen LogP) is 1.75. The molecule has 122 valence electrons. The van der Waals surface area contributed by atoms with E-state index in [0.717, 1.165) is 12.2 Å². The van der Waals surface area contributed by atoms with Gasteiger partial charge in [-0.2, -0.15) is 4.98 Å². The lowest BCUT2D eigenvalue weighted by Gasteiger charge is -2.17. The molecule has 2 aliphatic rings. The Morgan fingerprint density at radius 2 is 2.22 bits per heavy atom. The summed E-state index contributed by atoms with van der Waals surface area (Å²) in [6.45, 7) is 4.96. The summed E-state index contributed by atoms with van der Waals surface area (Å²) in [5, 5.41) is 3.80. The molecule has 0 aliphatic carbocycles. The quantitative estimate of drug-likeness (QED) is 0.858. The fourth-order valence-electron chi connectivity index (χ4n) is 3.48. The molecule has 2 saturated heterocycles. The summed E-state index contributed by atoms with van der Waals surface area (Å²) in [5.41, 5.74) is 0. The van der Waals surface area contributed by atoms with E-state index < -0.39 is 0 Å². The Kier molecular flexibility index (Phi) is 3.45. The largest absolute Gasteiger partial charge is 0.456 e. The molecule has 0 N–H and O–H groups in total. The van der Waals surface area contributed by atoms with Crippen molar-refractivity contribution in [3.8, 4) is 0 Å². The number of furan rings is 1. The molecule has 7 nitrogen and oxygen atoms in total. The summed E-state index contributed by atoms with van der Waals surface area (Å²) < 4.78 is 16.6. The van der Waals surface area contributed by atoms with E-state index in [2.05, 4.69) is 10.1 Å². The Hall–Kier alpha value is -2.15. The molecule has 1 amide bonds. The van der Waals surface area contributed by atoms with Crippen molar-refractivity contribution in [2.45, 2.75) is 38.9 Å². The average molecular weight is 317 g/mol. The molecule has 2 aliphatic heterocycles. The summed E-state index contributed by atoms with van der Waals surface area (Å²) in [5.74, 6) is 2.72. The highest BCUT2D eigenvalue weighted by Gasteiger charge is 2.44. The van der Waals surface area contributed by atoms with E-state index in [1.807, 2.05) is 17.9 Å². The Morgan fingerprint density at radius 1 is 1.35 bits per heavy atom. The van der Waals surface area contributed by atoms with Crippen molar-refractivity contribution < 1.29 is 18.5 Å². The van der Waals surface area contributed by atoms with Gasteiger partial charge in [0.2, 0.25) is 5.89 Å². The third kappa shape index (κ3) is 2.76. The van der Waals surface area contributed by atoms with Crippen LogP contribution in [0.4, 0.5) is 0 Å². The van der Waals surface area contributed by atoms with Gasteiger partial charge in [0.15, 0.2) is 11.6 Å². The molecule has 0 saturated carbocycles. The van der Waals surface area contributed by atoms with Gasteiger partial charge >= 0.3 is 0 Å². The zero-order valence-electron chi connectivity index (χ0n) is 13.2. The van der Waals surface area contributed by atoms with Crippen LogP contribution in [-0.2, 0) is 11.2 Å². The SMILES string of the molecule is Cc1noc(C[C@H]2C[C@H]3CN(C(=O)c4ccc(C)o4)C[C@H]3O2)n1. The third-order valence-corrected chi connectivity index (χ3v) is 4.52. The maximum absolute atomic E-state index is 12.4. The summed E-state index contributed by atoms with van der Waals surface area (Å²) in [6, 6.07) is 3.54. The second-order valence-electron chi connectivity index (χ2n) is 6.35. The monoisotopic (exact) mass is 317 g/mol. The highest BCUT2D eigenvalue weighted by Crippen LogP contribution is 2.34. The second kappa shape index (κ2) is 5.49. The third-order valence-electron chi connectivity index (χ3n) is 4.52. The number of hydrogen-bond donors (Lipinski definition) is 0. The lowest BCUT2D eigenvalue weighted by molar-refractivity contribution is 0.0324. The number of likely N-dealkylation sites (tertiary alicyclic amines) is 1. The van der Waals surface area contributed by atoms with Crippen LogP contribution < -0.4 is 0 Å². The number of carbonyl (C=O) groups is 1. The molecular formula is C16H19N3O4. The van der Waals surface area contributed by atoms with Crippen LogP contribution in [0.25, 0.3) is 0 Å². The zero-order chi connectivity index (χ0) is 16.0. The standard InChI is InChI=1S/C16H19N3O4/c1-9-3-4-13(21-9)16(20)19-7-11-5-12(22-14(11)8-19)6-15-17-10(2)18-23-15/h3-4,11-12,14H,5-8H2,1-2H3/t11-,12+,14+/m0/s1. The number of aromatic nitrogens is 2. The van der Waals surface area contributed by atoms with Crippen molar-refractivity contribution in [3.63, 3.8) is 0 Å². The van der Waals surface area contributed by atoms with Gasteiger partial charge in [-0.1, -0.05) is 5.16 Å². The van der Waals surface area contributed by atoms with Crippen LogP contribution in [0.2, 0.25) is 0 Å². The molecule has 4 rings (SSSR count). The summed E-state index contributed by atoms with van der Waals surface area (Å²) in [6.07, 6.45) is 1.73. The van der Waals surface area contributed by atoms with Gasteiger partial charge in [-0.15, -0.1) is 0 Å². The van der Waals surface area contributed by atoms with E-state index in [1.54, 1.807) is 13.0 Å². The van der Waals surface area contributed by atoms with Gasteiger partial charge in [0.05, 0.1) is 18.6 Å². The lowest BCUT2D eigenvalue weighted by atomic mass is 10.0. The van der Waals surface area contributed by atoms with Crippen LogP contribution >= 0.6 is 0 Å². The van der Waals surface area contributed by atoms with Crippen molar-refractivity contribution in [2.24, 2.45) is 5.92 Å². The number of hydrogen-bond acceptors (Lipinski definition) is 6. The average Bonchev–Trinajstić information content (AvgIpc) is 3.23. The number of carbonyl (C=O) groups excluding carboxylic acids is 1. The molecule has 0 radical (unpaired) electrons. The molecule has 0 spiro atoms. The van der Waals surface area contributed by atoms with E-state index >= 15 is 0 Å². The summed E-state index contributed by atoms with van der Waals surface area (Å²) in [7, 11) is 0.